The molecule has 0 bridgehead atoms. The van der Waals surface area contributed by atoms with Crippen LogP contribution < -0.4 is 5.32 Å². The Hall–Kier alpha value is -0.530. The summed E-state index contributed by atoms with van der Waals surface area (Å²) in [7, 11) is 0. The topological polar surface area (TPSA) is 12.0 Å². The lowest BCUT2D eigenvalue weighted by Crippen LogP contribution is -2.27. The molecule has 0 saturated carbocycles. The van der Waals surface area contributed by atoms with E-state index in [1.165, 1.54) is 18.4 Å². The minimum absolute atomic E-state index is 0.352. The Morgan fingerprint density at radius 3 is 2.57 bits per heavy atom. The average molecular weight is 210 g/mol. The van der Waals surface area contributed by atoms with Crippen molar-refractivity contribution >= 4 is 11.6 Å². The fraction of sp³-hybridized carbons (Fsp3) is 0.500. The van der Waals surface area contributed by atoms with Crippen molar-refractivity contribution in [2.24, 2.45) is 0 Å². The van der Waals surface area contributed by atoms with Crippen molar-refractivity contribution in [1.82, 2.24) is 5.32 Å². The molecule has 1 heterocycles. The smallest absolute Gasteiger partial charge is 0.0406 e. The predicted molar refractivity (Wildman–Crippen MR) is 60.9 cm³/mol. The highest BCUT2D eigenvalue weighted by Gasteiger charge is 2.33. The Bertz CT molecular complexity index is 299. The van der Waals surface area contributed by atoms with E-state index in [0.29, 0.717) is 5.41 Å². The number of halogens is 1. The molecule has 1 fully saturated rings. The molecular formula is C12H16ClN. The maximum Gasteiger partial charge on any atom is 0.0406 e. The molecule has 1 nitrogen and oxygen atoms in total. The fourth-order valence-electron chi connectivity index (χ4n) is 2.30. The van der Waals surface area contributed by atoms with Gasteiger partial charge in [-0.05, 0) is 37.1 Å². The van der Waals surface area contributed by atoms with E-state index in [-0.39, 0.29) is 0 Å². The highest BCUT2D eigenvalue weighted by Crippen LogP contribution is 2.34. The van der Waals surface area contributed by atoms with E-state index in [1.54, 1.807) is 0 Å². The van der Waals surface area contributed by atoms with Crippen LogP contribution in [0.4, 0.5) is 0 Å². The van der Waals surface area contributed by atoms with Crippen LogP contribution in [-0.4, -0.2) is 13.1 Å². The van der Waals surface area contributed by atoms with E-state index in [4.69, 9.17) is 11.6 Å². The molecule has 1 aromatic carbocycles. The van der Waals surface area contributed by atoms with Gasteiger partial charge in [-0.25, -0.2) is 0 Å². The minimum atomic E-state index is 0.352. The van der Waals surface area contributed by atoms with E-state index < -0.39 is 0 Å². The summed E-state index contributed by atoms with van der Waals surface area (Å²) in [4.78, 5) is 0. The molecule has 76 valence electrons. The van der Waals surface area contributed by atoms with Gasteiger partial charge in [0, 0.05) is 17.0 Å². The first-order chi connectivity index (χ1) is 6.77. The van der Waals surface area contributed by atoms with Crippen LogP contribution in [0.15, 0.2) is 24.3 Å². The number of benzene rings is 1. The van der Waals surface area contributed by atoms with Crippen LogP contribution in [0.3, 0.4) is 0 Å². The molecule has 0 radical (unpaired) electrons. The summed E-state index contributed by atoms with van der Waals surface area (Å²) < 4.78 is 0. The second kappa shape index (κ2) is 3.92. The van der Waals surface area contributed by atoms with Crippen molar-refractivity contribution in [2.45, 2.75) is 25.2 Å². The first-order valence-electron chi connectivity index (χ1n) is 5.24. The number of nitrogens with one attached hydrogen (secondary N) is 1. The Morgan fingerprint density at radius 1 is 1.36 bits per heavy atom. The minimum Gasteiger partial charge on any atom is -0.316 e. The van der Waals surface area contributed by atoms with Gasteiger partial charge in [-0.15, -0.1) is 0 Å². The lowest BCUT2D eigenvalue weighted by atomic mass is 9.77. The van der Waals surface area contributed by atoms with Crippen molar-refractivity contribution in [3.05, 3.63) is 34.9 Å². The van der Waals surface area contributed by atoms with Crippen LogP contribution >= 0.6 is 11.6 Å². The summed E-state index contributed by atoms with van der Waals surface area (Å²) >= 11 is 5.89. The van der Waals surface area contributed by atoms with Crippen LogP contribution in [0.1, 0.15) is 25.3 Å². The van der Waals surface area contributed by atoms with Crippen LogP contribution in [0, 0.1) is 0 Å². The van der Waals surface area contributed by atoms with Gasteiger partial charge in [0.15, 0.2) is 0 Å². The Kier molecular flexibility index (Phi) is 2.80. The molecule has 1 aromatic rings. The summed E-state index contributed by atoms with van der Waals surface area (Å²) in [5.41, 5.74) is 1.78. The highest BCUT2D eigenvalue weighted by molar-refractivity contribution is 6.30. The maximum absolute atomic E-state index is 5.89. The zero-order valence-corrected chi connectivity index (χ0v) is 9.27. The van der Waals surface area contributed by atoms with Gasteiger partial charge in [0.1, 0.15) is 0 Å². The van der Waals surface area contributed by atoms with Gasteiger partial charge in [0.05, 0.1) is 0 Å². The van der Waals surface area contributed by atoms with E-state index in [0.717, 1.165) is 18.1 Å². The quantitative estimate of drug-likeness (QED) is 0.790. The van der Waals surface area contributed by atoms with Gasteiger partial charge in [-0.3, -0.25) is 0 Å². The van der Waals surface area contributed by atoms with Crippen molar-refractivity contribution < 1.29 is 0 Å². The molecule has 0 spiro atoms. The zero-order valence-electron chi connectivity index (χ0n) is 8.52. The maximum atomic E-state index is 5.89. The second-order valence-electron chi connectivity index (χ2n) is 4.07. The summed E-state index contributed by atoms with van der Waals surface area (Å²) in [5, 5.41) is 4.27. The third kappa shape index (κ3) is 1.67. The van der Waals surface area contributed by atoms with E-state index >= 15 is 0 Å². The number of rotatable bonds is 2. The third-order valence-electron chi connectivity index (χ3n) is 3.38. The standard InChI is InChI=1S/C12H16ClN/c1-2-12(7-8-14-9-12)10-3-5-11(13)6-4-10/h3-6,14H,2,7-9H2,1H3. The molecule has 2 heteroatoms. The normalized spacial score (nSPS) is 26.7. The van der Waals surface area contributed by atoms with Crippen LogP contribution in [0.5, 0.6) is 0 Å². The van der Waals surface area contributed by atoms with Crippen LogP contribution in [-0.2, 0) is 5.41 Å². The number of hydrogen-bond acceptors (Lipinski definition) is 1. The van der Waals surface area contributed by atoms with Crippen molar-refractivity contribution in [2.75, 3.05) is 13.1 Å². The van der Waals surface area contributed by atoms with E-state index in [1.807, 2.05) is 12.1 Å². The summed E-state index contributed by atoms with van der Waals surface area (Å²) in [5.74, 6) is 0. The molecule has 1 aliphatic heterocycles. The van der Waals surface area contributed by atoms with Gasteiger partial charge < -0.3 is 5.32 Å². The zero-order chi connectivity index (χ0) is 10.0. The monoisotopic (exact) mass is 209 g/mol. The fourth-order valence-corrected chi connectivity index (χ4v) is 2.43. The molecule has 0 aliphatic carbocycles. The van der Waals surface area contributed by atoms with Crippen molar-refractivity contribution in [1.29, 1.82) is 0 Å². The second-order valence-corrected chi connectivity index (χ2v) is 4.50. The van der Waals surface area contributed by atoms with Gasteiger partial charge in [-0.2, -0.15) is 0 Å². The molecule has 2 rings (SSSR count). The average Bonchev–Trinajstić information content (AvgIpc) is 2.68. The summed E-state index contributed by atoms with van der Waals surface area (Å²) in [6, 6.07) is 8.32. The SMILES string of the molecule is CCC1(c2ccc(Cl)cc2)CCNC1. The third-order valence-corrected chi connectivity index (χ3v) is 3.63. The molecule has 1 saturated heterocycles. The first kappa shape index (κ1) is 10.0. The van der Waals surface area contributed by atoms with Crippen molar-refractivity contribution in [3.63, 3.8) is 0 Å². The molecule has 14 heavy (non-hydrogen) atoms. The number of hydrogen-bond donors (Lipinski definition) is 1. The molecule has 1 unspecified atom stereocenters. The van der Waals surface area contributed by atoms with Crippen LogP contribution in [0.2, 0.25) is 5.02 Å². The van der Waals surface area contributed by atoms with E-state index in [9.17, 15) is 0 Å². The summed E-state index contributed by atoms with van der Waals surface area (Å²) in [6.07, 6.45) is 2.44. The molecule has 1 atom stereocenters. The molecule has 0 amide bonds. The Morgan fingerprint density at radius 2 is 2.07 bits per heavy atom. The lowest BCUT2D eigenvalue weighted by Gasteiger charge is -2.27. The molecular weight excluding hydrogens is 194 g/mol. The van der Waals surface area contributed by atoms with Crippen molar-refractivity contribution in [3.8, 4) is 0 Å². The van der Waals surface area contributed by atoms with Crippen LogP contribution in [0.25, 0.3) is 0 Å². The molecule has 1 N–H and O–H groups in total. The summed E-state index contributed by atoms with van der Waals surface area (Å²) in [6.45, 7) is 4.50. The van der Waals surface area contributed by atoms with E-state index in [2.05, 4.69) is 24.4 Å². The first-order valence-corrected chi connectivity index (χ1v) is 5.61. The highest BCUT2D eigenvalue weighted by atomic mass is 35.5. The van der Waals surface area contributed by atoms with Gasteiger partial charge >= 0.3 is 0 Å². The Labute approximate surface area is 90.5 Å². The van der Waals surface area contributed by atoms with Gasteiger partial charge in [0.25, 0.3) is 0 Å². The van der Waals surface area contributed by atoms with Gasteiger partial charge in [0.2, 0.25) is 0 Å². The van der Waals surface area contributed by atoms with Gasteiger partial charge in [-0.1, -0.05) is 30.7 Å². The largest absolute Gasteiger partial charge is 0.316 e. The lowest BCUT2D eigenvalue weighted by molar-refractivity contribution is 0.454. The molecule has 1 aliphatic rings. The predicted octanol–water partition coefficient (Wildman–Crippen LogP) is 2.98. The Balaban J connectivity index is 2.31. The molecule has 0 aromatic heterocycles.